The van der Waals surface area contributed by atoms with Crippen molar-refractivity contribution in [1.29, 1.82) is 0 Å². The van der Waals surface area contributed by atoms with E-state index >= 15 is 0 Å². The molecule has 0 radical (unpaired) electrons. The van der Waals surface area contributed by atoms with Gasteiger partial charge in [0.25, 0.3) is 0 Å². The van der Waals surface area contributed by atoms with Crippen LogP contribution in [-0.2, 0) is 14.3 Å². The summed E-state index contributed by atoms with van der Waals surface area (Å²) in [5, 5.41) is 8.89. The lowest BCUT2D eigenvalue weighted by molar-refractivity contribution is -0.156. The molecule has 1 rings (SSSR count). The van der Waals surface area contributed by atoms with Crippen LogP contribution in [0.25, 0.3) is 0 Å². The van der Waals surface area contributed by atoms with Crippen molar-refractivity contribution in [3.05, 3.63) is 0 Å². The maximum atomic E-state index is 11.6. The number of rotatable bonds is 1. The molecule has 84 valence electrons. The van der Waals surface area contributed by atoms with Crippen LogP contribution in [0, 0.1) is 5.41 Å². The van der Waals surface area contributed by atoms with Crippen molar-refractivity contribution >= 4 is 17.8 Å². The van der Waals surface area contributed by atoms with Gasteiger partial charge in [0.05, 0.1) is 13.7 Å². The average molecular weight is 215 g/mol. The third-order valence-corrected chi connectivity index (χ3v) is 2.74. The Hall–Kier alpha value is -1.59. The van der Waals surface area contributed by atoms with Gasteiger partial charge in [0.15, 0.2) is 5.78 Å². The van der Waals surface area contributed by atoms with E-state index in [0.29, 0.717) is 0 Å². The summed E-state index contributed by atoms with van der Waals surface area (Å²) in [5.41, 5.74) is -1.37. The van der Waals surface area contributed by atoms with Crippen molar-refractivity contribution in [3.8, 4) is 0 Å². The number of hydrogen-bond donors (Lipinski definition) is 1. The van der Waals surface area contributed by atoms with E-state index in [1.54, 1.807) is 0 Å². The smallest absolute Gasteiger partial charge is 0.409 e. The molecule has 1 heterocycles. The van der Waals surface area contributed by atoms with Crippen LogP contribution in [-0.4, -0.2) is 48.1 Å². The maximum absolute atomic E-state index is 11.6. The molecule has 1 unspecified atom stereocenters. The van der Waals surface area contributed by atoms with Gasteiger partial charge < -0.3 is 14.7 Å². The molecule has 6 nitrogen and oxygen atoms in total. The number of carboxylic acids is 1. The van der Waals surface area contributed by atoms with E-state index in [2.05, 4.69) is 4.74 Å². The molecule has 0 aromatic carbocycles. The summed E-state index contributed by atoms with van der Waals surface area (Å²) < 4.78 is 4.45. The number of hydrogen-bond acceptors (Lipinski definition) is 4. The number of methoxy groups -OCH3 is 1. The highest BCUT2D eigenvalue weighted by molar-refractivity contribution is 6.05. The molecule has 1 amide bonds. The lowest BCUT2D eigenvalue weighted by atomic mass is 9.79. The first-order valence-electron chi connectivity index (χ1n) is 4.51. The molecule has 1 N–H and O–H groups in total. The highest BCUT2D eigenvalue weighted by atomic mass is 16.5. The lowest BCUT2D eigenvalue weighted by Gasteiger charge is -2.34. The predicted octanol–water partition coefficient (Wildman–Crippen LogP) is 0.118. The van der Waals surface area contributed by atoms with Gasteiger partial charge in [-0.15, -0.1) is 0 Å². The molecular formula is C9H13NO5. The van der Waals surface area contributed by atoms with Crippen LogP contribution in [0.2, 0.25) is 0 Å². The highest BCUT2D eigenvalue weighted by Crippen LogP contribution is 2.28. The summed E-state index contributed by atoms with van der Waals surface area (Å²) in [6, 6.07) is 0. The third kappa shape index (κ3) is 1.93. The molecule has 0 bridgehead atoms. The fourth-order valence-electron chi connectivity index (χ4n) is 1.44. The van der Waals surface area contributed by atoms with E-state index in [0.717, 1.165) is 0 Å². The number of piperidine rings is 1. The molecule has 0 aromatic heterocycles. The molecule has 0 aliphatic carbocycles. The lowest BCUT2D eigenvalue weighted by Crippen LogP contribution is -2.52. The molecule has 1 aliphatic heterocycles. The molecule has 6 heteroatoms. The topological polar surface area (TPSA) is 83.9 Å². The van der Waals surface area contributed by atoms with Gasteiger partial charge in [-0.05, 0) is 13.3 Å². The molecular weight excluding hydrogens is 202 g/mol. The van der Waals surface area contributed by atoms with E-state index in [1.807, 2.05) is 0 Å². The zero-order chi connectivity index (χ0) is 11.6. The normalized spacial score (nSPS) is 26.3. The van der Waals surface area contributed by atoms with Crippen LogP contribution in [0.3, 0.4) is 0 Å². The Bertz CT molecular complexity index is 314. The minimum absolute atomic E-state index is 0.121. The van der Waals surface area contributed by atoms with Crippen molar-refractivity contribution in [1.82, 2.24) is 4.90 Å². The van der Waals surface area contributed by atoms with E-state index in [-0.39, 0.29) is 19.5 Å². The second-order valence-electron chi connectivity index (χ2n) is 3.70. The van der Waals surface area contributed by atoms with Gasteiger partial charge in [-0.2, -0.15) is 0 Å². The summed E-state index contributed by atoms with van der Waals surface area (Å²) in [6.45, 7) is 1.41. The molecule has 1 fully saturated rings. The number of nitrogens with zero attached hydrogens (tertiary/aromatic N) is 1. The van der Waals surface area contributed by atoms with Crippen molar-refractivity contribution in [3.63, 3.8) is 0 Å². The predicted molar refractivity (Wildman–Crippen MR) is 49.3 cm³/mol. The van der Waals surface area contributed by atoms with Gasteiger partial charge in [-0.25, -0.2) is 4.79 Å². The summed E-state index contributed by atoms with van der Waals surface area (Å²) in [5.74, 6) is -1.61. The van der Waals surface area contributed by atoms with Crippen LogP contribution in [0.1, 0.15) is 13.3 Å². The first-order valence-corrected chi connectivity index (χ1v) is 4.51. The largest absolute Gasteiger partial charge is 0.481 e. The molecule has 0 spiro atoms. The van der Waals surface area contributed by atoms with Gasteiger partial charge >= 0.3 is 12.1 Å². The van der Waals surface area contributed by atoms with E-state index < -0.39 is 23.3 Å². The molecule has 0 saturated carbocycles. The van der Waals surface area contributed by atoms with Crippen LogP contribution < -0.4 is 0 Å². The zero-order valence-electron chi connectivity index (χ0n) is 8.65. The molecule has 1 atom stereocenters. The second kappa shape index (κ2) is 3.88. The van der Waals surface area contributed by atoms with E-state index in [9.17, 15) is 14.4 Å². The maximum Gasteiger partial charge on any atom is 0.409 e. The number of likely N-dealkylation sites (tertiary alicyclic amines) is 1. The summed E-state index contributed by atoms with van der Waals surface area (Å²) in [6.07, 6.45) is -0.480. The van der Waals surface area contributed by atoms with Gasteiger partial charge in [0.2, 0.25) is 0 Å². The van der Waals surface area contributed by atoms with E-state index in [4.69, 9.17) is 5.11 Å². The first kappa shape index (κ1) is 11.5. The highest BCUT2D eigenvalue weighted by Gasteiger charge is 2.45. The number of carbonyl (C=O) groups excluding carboxylic acids is 2. The molecule has 1 aliphatic rings. The Kier molecular flexibility index (Phi) is 2.97. The third-order valence-electron chi connectivity index (χ3n) is 2.74. The first-order chi connectivity index (χ1) is 6.91. The minimum Gasteiger partial charge on any atom is -0.481 e. The quantitative estimate of drug-likeness (QED) is 0.628. The summed E-state index contributed by atoms with van der Waals surface area (Å²) in [7, 11) is 1.22. The van der Waals surface area contributed by atoms with Gasteiger partial charge in [0.1, 0.15) is 5.41 Å². The standard InChI is InChI=1S/C9H13NO5/c1-9(7(12)13)3-4-10(5-6(9)11)8(14)15-2/h3-5H2,1-2H3,(H,12,13). The number of Topliss-reactive ketones (excluding diaryl/α,β-unsaturated/α-hetero) is 1. The van der Waals surface area contributed by atoms with Crippen molar-refractivity contribution < 1.29 is 24.2 Å². The summed E-state index contributed by atoms with van der Waals surface area (Å²) in [4.78, 5) is 34.7. The SMILES string of the molecule is COC(=O)N1CCC(C)(C(=O)O)C(=O)C1. The fraction of sp³-hybridized carbons (Fsp3) is 0.667. The van der Waals surface area contributed by atoms with Gasteiger partial charge in [-0.3, -0.25) is 9.59 Å². The van der Waals surface area contributed by atoms with Crippen LogP contribution in [0.4, 0.5) is 4.79 Å². The van der Waals surface area contributed by atoms with Gasteiger partial charge in [-0.1, -0.05) is 0 Å². The Labute approximate surface area is 86.8 Å². The van der Waals surface area contributed by atoms with Gasteiger partial charge in [0, 0.05) is 6.54 Å². The number of carbonyl (C=O) groups is 3. The van der Waals surface area contributed by atoms with Crippen molar-refractivity contribution in [2.75, 3.05) is 20.2 Å². The Morgan fingerprint density at radius 3 is 2.53 bits per heavy atom. The number of aliphatic carboxylic acids is 1. The van der Waals surface area contributed by atoms with Crippen LogP contribution >= 0.6 is 0 Å². The zero-order valence-corrected chi connectivity index (χ0v) is 8.65. The number of amides is 1. The molecule has 1 saturated heterocycles. The summed E-state index contributed by atoms with van der Waals surface area (Å²) >= 11 is 0. The minimum atomic E-state index is -1.37. The number of ketones is 1. The molecule has 0 aromatic rings. The van der Waals surface area contributed by atoms with Crippen LogP contribution in [0.15, 0.2) is 0 Å². The average Bonchev–Trinajstić information content (AvgIpc) is 2.20. The van der Waals surface area contributed by atoms with E-state index in [1.165, 1.54) is 18.9 Å². The Balaban J connectivity index is 2.75. The Morgan fingerprint density at radius 2 is 2.13 bits per heavy atom. The molecule has 15 heavy (non-hydrogen) atoms. The second-order valence-corrected chi connectivity index (χ2v) is 3.70. The Morgan fingerprint density at radius 1 is 1.53 bits per heavy atom. The van der Waals surface area contributed by atoms with Crippen molar-refractivity contribution in [2.45, 2.75) is 13.3 Å². The number of ether oxygens (including phenoxy) is 1. The number of carboxylic acid groups (broad SMARTS) is 1. The van der Waals surface area contributed by atoms with Crippen LogP contribution in [0.5, 0.6) is 0 Å². The monoisotopic (exact) mass is 215 g/mol. The van der Waals surface area contributed by atoms with Crippen molar-refractivity contribution in [2.24, 2.45) is 5.41 Å². The fourth-order valence-corrected chi connectivity index (χ4v) is 1.44.